The summed E-state index contributed by atoms with van der Waals surface area (Å²) in [6.45, 7) is 7.51. The first-order valence-corrected chi connectivity index (χ1v) is 9.39. The van der Waals surface area contributed by atoms with Crippen molar-refractivity contribution in [2.24, 2.45) is 0 Å². The molecule has 0 saturated heterocycles. The van der Waals surface area contributed by atoms with Crippen LogP contribution in [0.5, 0.6) is 5.75 Å². The zero-order valence-electron chi connectivity index (χ0n) is 16.3. The number of Topliss-reactive ketones (excluding diaryl/α,β-unsaturated/α-hetero) is 1. The highest BCUT2D eigenvalue weighted by Crippen LogP contribution is 2.58. The molecule has 0 bridgehead atoms. The van der Waals surface area contributed by atoms with Crippen molar-refractivity contribution in [3.05, 3.63) is 64.7 Å². The number of nitrogens with one attached hydrogen (secondary N) is 1. The van der Waals surface area contributed by atoms with E-state index < -0.39 is 23.2 Å². The maximum atomic E-state index is 13.5. The van der Waals surface area contributed by atoms with Gasteiger partial charge in [0.2, 0.25) is 11.3 Å². The first kappa shape index (κ1) is 18.5. The molecule has 2 atom stereocenters. The first-order valence-electron chi connectivity index (χ1n) is 9.39. The van der Waals surface area contributed by atoms with E-state index in [1.807, 2.05) is 26.0 Å². The minimum atomic E-state index is -2.05. The molecular formula is C22H23NO5. The SMILES string of the molecule is CC(C)OC(=O)NC12C(=O)c3ccccc3C1(O)Oc1cc(C(C)C)ccc12. The van der Waals surface area contributed by atoms with E-state index in [4.69, 9.17) is 9.47 Å². The van der Waals surface area contributed by atoms with Crippen LogP contribution in [-0.2, 0) is 16.1 Å². The molecule has 6 heteroatoms. The first-order chi connectivity index (χ1) is 13.2. The fourth-order valence-electron chi connectivity index (χ4n) is 4.03. The van der Waals surface area contributed by atoms with Crippen LogP contribution in [-0.4, -0.2) is 23.1 Å². The number of fused-ring (bicyclic) bond motifs is 5. The third-order valence-corrected chi connectivity index (χ3v) is 5.35. The lowest BCUT2D eigenvalue weighted by Gasteiger charge is -2.34. The van der Waals surface area contributed by atoms with E-state index in [2.05, 4.69) is 5.32 Å². The molecule has 2 aromatic rings. The Kier molecular flexibility index (Phi) is 4.01. The molecule has 1 aliphatic heterocycles. The summed E-state index contributed by atoms with van der Waals surface area (Å²) in [5, 5.41) is 14.3. The number of hydrogen-bond donors (Lipinski definition) is 2. The fourth-order valence-corrected chi connectivity index (χ4v) is 4.03. The van der Waals surface area contributed by atoms with E-state index in [0.717, 1.165) is 5.56 Å². The van der Waals surface area contributed by atoms with E-state index in [9.17, 15) is 14.7 Å². The molecule has 1 amide bonds. The smallest absolute Gasteiger partial charge is 0.408 e. The van der Waals surface area contributed by atoms with E-state index in [0.29, 0.717) is 22.4 Å². The second-order valence-electron chi connectivity index (χ2n) is 7.86. The van der Waals surface area contributed by atoms with Gasteiger partial charge in [-0.1, -0.05) is 50.2 Å². The number of rotatable bonds is 3. The molecule has 28 heavy (non-hydrogen) atoms. The summed E-state index contributed by atoms with van der Waals surface area (Å²) in [6, 6.07) is 12.1. The highest BCUT2D eigenvalue weighted by molar-refractivity contribution is 6.11. The molecule has 0 radical (unpaired) electrons. The Morgan fingerprint density at radius 3 is 2.50 bits per heavy atom. The lowest BCUT2D eigenvalue weighted by atomic mass is 9.82. The van der Waals surface area contributed by atoms with Crippen LogP contribution in [0.2, 0.25) is 0 Å². The molecule has 2 N–H and O–H groups in total. The average Bonchev–Trinajstić information content (AvgIpc) is 2.98. The third kappa shape index (κ3) is 2.31. The van der Waals surface area contributed by atoms with Gasteiger partial charge in [0.15, 0.2) is 0 Å². The highest BCUT2D eigenvalue weighted by Gasteiger charge is 2.71. The number of ketones is 1. The molecule has 2 aromatic carbocycles. The van der Waals surface area contributed by atoms with E-state index in [-0.39, 0.29) is 12.0 Å². The molecule has 0 saturated carbocycles. The van der Waals surface area contributed by atoms with Gasteiger partial charge < -0.3 is 14.6 Å². The molecule has 0 spiro atoms. The summed E-state index contributed by atoms with van der Waals surface area (Å²) in [4.78, 5) is 26.0. The van der Waals surface area contributed by atoms with Crippen LogP contribution in [0.15, 0.2) is 42.5 Å². The number of alkyl carbamates (subject to hydrolysis) is 1. The molecule has 6 nitrogen and oxygen atoms in total. The van der Waals surface area contributed by atoms with Crippen molar-refractivity contribution in [1.29, 1.82) is 0 Å². The maximum Gasteiger partial charge on any atom is 0.408 e. The maximum absolute atomic E-state index is 13.5. The highest BCUT2D eigenvalue weighted by atomic mass is 16.6. The van der Waals surface area contributed by atoms with Crippen molar-refractivity contribution in [2.45, 2.75) is 51.0 Å². The van der Waals surface area contributed by atoms with Crippen molar-refractivity contribution in [2.75, 3.05) is 0 Å². The summed E-state index contributed by atoms with van der Waals surface area (Å²) in [6.07, 6.45) is -1.17. The molecule has 0 aromatic heterocycles. The van der Waals surface area contributed by atoms with Crippen LogP contribution in [0.25, 0.3) is 0 Å². The fraction of sp³-hybridized carbons (Fsp3) is 0.364. The van der Waals surface area contributed by atoms with Gasteiger partial charge in [0.05, 0.1) is 6.10 Å². The van der Waals surface area contributed by atoms with Crippen molar-refractivity contribution in [3.63, 3.8) is 0 Å². The van der Waals surface area contributed by atoms with Crippen LogP contribution < -0.4 is 10.1 Å². The Labute approximate surface area is 163 Å². The van der Waals surface area contributed by atoms with Gasteiger partial charge in [0.1, 0.15) is 5.75 Å². The van der Waals surface area contributed by atoms with Gasteiger partial charge in [0, 0.05) is 16.7 Å². The molecule has 0 fully saturated rings. The summed E-state index contributed by atoms with van der Waals surface area (Å²) < 4.78 is 11.2. The van der Waals surface area contributed by atoms with Crippen molar-refractivity contribution in [1.82, 2.24) is 5.32 Å². The number of hydrogen-bond acceptors (Lipinski definition) is 5. The van der Waals surface area contributed by atoms with E-state index >= 15 is 0 Å². The van der Waals surface area contributed by atoms with Crippen LogP contribution in [0, 0.1) is 0 Å². The van der Waals surface area contributed by atoms with Crippen LogP contribution >= 0.6 is 0 Å². The predicted octanol–water partition coefficient (Wildman–Crippen LogP) is 3.57. The zero-order valence-corrected chi connectivity index (χ0v) is 16.3. The summed E-state index contributed by atoms with van der Waals surface area (Å²) in [5.74, 6) is -1.86. The Balaban J connectivity index is 1.92. The Morgan fingerprint density at radius 2 is 1.82 bits per heavy atom. The minimum Gasteiger partial charge on any atom is -0.454 e. The number of benzene rings is 2. The van der Waals surface area contributed by atoms with Gasteiger partial charge in [0.25, 0.3) is 5.79 Å². The largest absolute Gasteiger partial charge is 0.454 e. The Hall–Kier alpha value is -2.86. The Morgan fingerprint density at radius 1 is 1.11 bits per heavy atom. The van der Waals surface area contributed by atoms with E-state index in [1.165, 1.54) is 0 Å². The van der Waals surface area contributed by atoms with Gasteiger partial charge in [-0.15, -0.1) is 0 Å². The molecule has 1 heterocycles. The standard InChI is InChI=1S/C22H23NO5/c1-12(2)14-9-10-17-18(11-14)28-22(26)16-8-6-5-7-15(16)19(24)21(17,22)23-20(25)27-13(3)4/h5-13,26H,1-4H3,(H,23,25). The van der Waals surface area contributed by atoms with Gasteiger partial charge in [-0.3, -0.25) is 10.1 Å². The molecular weight excluding hydrogens is 358 g/mol. The summed E-state index contributed by atoms with van der Waals surface area (Å²) in [7, 11) is 0. The number of ether oxygens (including phenoxy) is 2. The monoisotopic (exact) mass is 381 g/mol. The van der Waals surface area contributed by atoms with Gasteiger partial charge in [-0.05, 0) is 31.4 Å². The Bertz CT molecular complexity index is 983. The third-order valence-electron chi connectivity index (χ3n) is 5.35. The number of amides is 1. The lowest BCUT2D eigenvalue weighted by molar-refractivity contribution is -0.170. The minimum absolute atomic E-state index is 0.238. The zero-order chi connectivity index (χ0) is 20.3. The second-order valence-corrected chi connectivity index (χ2v) is 7.86. The van der Waals surface area contributed by atoms with Crippen LogP contribution in [0.4, 0.5) is 4.79 Å². The summed E-state index contributed by atoms with van der Waals surface area (Å²) in [5.41, 5.74) is 0.262. The van der Waals surface area contributed by atoms with Gasteiger partial charge >= 0.3 is 6.09 Å². The molecule has 4 rings (SSSR count). The number of carbonyl (C=O) groups is 2. The molecule has 1 aliphatic carbocycles. The summed E-state index contributed by atoms with van der Waals surface area (Å²) >= 11 is 0. The number of carbonyl (C=O) groups excluding carboxylic acids is 2. The lowest BCUT2D eigenvalue weighted by Crippen LogP contribution is -2.60. The average molecular weight is 381 g/mol. The van der Waals surface area contributed by atoms with Crippen LogP contribution in [0.3, 0.4) is 0 Å². The normalized spacial score (nSPS) is 24.6. The van der Waals surface area contributed by atoms with E-state index in [1.54, 1.807) is 44.2 Å². The van der Waals surface area contributed by atoms with Crippen LogP contribution in [0.1, 0.15) is 60.7 Å². The molecule has 2 aliphatic rings. The molecule has 2 unspecified atom stereocenters. The number of aliphatic hydroxyl groups is 1. The van der Waals surface area contributed by atoms with Gasteiger partial charge in [-0.2, -0.15) is 0 Å². The van der Waals surface area contributed by atoms with Crippen molar-refractivity contribution < 1.29 is 24.2 Å². The van der Waals surface area contributed by atoms with Gasteiger partial charge in [-0.25, -0.2) is 4.79 Å². The quantitative estimate of drug-likeness (QED) is 0.849. The molecule has 146 valence electrons. The predicted molar refractivity (Wildman–Crippen MR) is 102 cm³/mol. The second kappa shape index (κ2) is 6.07. The van der Waals surface area contributed by atoms with Crippen molar-refractivity contribution in [3.8, 4) is 5.75 Å². The topological polar surface area (TPSA) is 84.9 Å². The van der Waals surface area contributed by atoms with Crippen molar-refractivity contribution >= 4 is 11.9 Å².